The maximum atomic E-state index is 13.4. The van der Waals surface area contributed by atoms with Crippen molar-refractivity contribution in [2.45, 2.75) is 63.6 Å². The lowest BCUT2D eigenvalue weighted by molar-refractivity contribution is 0.0905. The maximum Gasteiger partial charge on any atom is 0.262 e. The van der Waals surface area contributed by atoms with Crippen LogP contribution >= 0.6 is 12.4 Å². The van der Waals surface area contributed by atoms with Gasteiger partial charge in [-0.25, -0.2) is 0 Å². The summed E-state index contributed by atoms with van der Waals surface area (Å²) in [6, 6.07) is 10.2. The van der Waals surface area contributed by atoms with Crippen LogP contribution in [0.25, 0.3) is 0 Å². The van der Waals surface area contributed by atoms with Gasteiger partial charge in [0, 0.05) is 12.0 Å². The molecule has 1 aliphatic heterocycles. The van der Waals surface area contributed by atoms with Crippen LogP contribution in [0.2, 0.25) is 0 Å². The standard InChI is InChI=1S/C23H30N4O3.ClH/c1-14(2)30-23-18(22(29-3)26-20(27-23)16-11-12-16)21(28)25-17-10-7-13-24-19(17)15-8-5-4-6-9-15;/h4-6,8-9,14,16-17,19,24H,7,10-13H2,1-3H3,(H,25,28);1H/t17-,19-;/m0./s1. The molecule has 0 spiro atoms. The zero-order valence-corrected chi connectivity index (χ0v) is 19.1. The van der Waals surface area contributed by atoms with E-state index < -0.39 is 0 Å². The zero-order chi connectivity index (χ0) is 21.1. The van der Waals surface area contributed by atoms with E-state index in [0.717, 1.165) is 37.8 Å². The van der Waals surface area contributed by atoms with E-state index >= 15 is 0 Å². The molecule has 1 aromatic heterocycles. The molecule has 168 valence electrons. The Labute approximate surface area is 189 Å². The number of carbonyl (C=O) groups is 1. The fourth-order valence-corrected chi connectivity index (χ4v) is 3.91. The number of benzene rings is 1. The highest BCUT2D eigenvalue weighted by Crippen LogP contribution is 2.40. The van der Waals surface area contributed by atoms with Crippen molar-refractivity contribution >= 4 is 18.3 Å². The third kappa shape index (κ3) is 5.46. The van der Waals surface area contributed by atoms with Crippen molar-refractivity contribution in [1.29, 1.82) is 0 Å². The molecule has 1 saturated carbocycles. The summed E-state index contributed by atoms with van der Waals surface area (Å²) in [5.74, 6) is 1.34. The first kappa shape index (κ1) is 23.3. The van der Waals surface area contributed by atoms with Crippen molar-refractivity contribution in [3.05, 3.63) is 47.3 Å². The van der Waals surface area contributed by atoms with Crippen LogP contribution in [0, 0.1) is 0 Å². The number of nitrogens with zero attached hydrogens (tertiary/aromatic N) is 2. The van der Waals surface area contributed by atoms with Crippen LogP contribution in [-0.4, -0.2) is 41.7 Å². The van der Waals surface area contributed by atoms with E-state index in [1.807, 2.05) is 32.0 Å². The molecule has 1 aromatic carbocycles. The van der Waals surface area contributed by atoms with Gasteiger partial charge in [-0.1, -0.05) is 30.3 Å². The highest BCUT2D eigenvalue weighted by Gasteiger charge is 2.34. The lowest BCUT2D eigenvalue weighted by Crippen LogP contribution is -2.48. The number of halogens is 1. The number of piperidine rings is 1. The van der Waals surface area contributed by atoms with Crippen LogP contribution in [0.4, 0.5) is 0 Å². The average Bonchev–Trinajstić information content (AvgIpc) is 3.59. The van der Waals surface area contributed by atoms with Crippen LogP contribution in [0.15, 0.2) is 30.3 Å². The number of ether oxygens (including phenoxy) is 2. The van der Waals surface area contributed by atoms with Crippen LogP contribution < -0.4 is 20.1 Å². The summed E-state index contributed by atoms with van der Waals surface area (Å²) < 4.78 is 11.4. The fraction of sp³-hybridized carbons (Fsp3) is 0.522. The largest absolute Gasteiger partial charge is 0.480 e. The number of methoxy groups -OCH3 is 1. The van der Waals surface area contributed by atoms with Crippen molar-refractivity contribution < 1.29 is 14.3 Å². The van der Waals surface area contributed by atoms with Gasteiger partial charge in [0.2, 0.25) is 11.8 Å². The second-order valence-electron chi connectivity index (χ2n) is 8.28. The van der Waals surface area contributed by atoms with Gasteiger partial charge in [-0.2, -0.15) is 9.97 Å². The quantitative estimate of drug-likeness (QED) is 0.673. The minimum Gasteiger partial charge on any atom is -0.480 e. The van der Waals surface area contributed by atoms with E-state index in [9.17, 15) is 4.79 Å². The Bertz CT molecular complexity index is 890. The summed E-state index contributed by atoms with van der Waals surface area (Å²) >= 11 is 0. The average molecular weight is 447 g/mol. The molecule has 4 rings (SSSR count). The third-order valence-electron chi connectivity index (χ3n) is 5.50. The first-order chi connectivity index (χ1) is 14.6. The Morgan fingerprint density at radius 2 is 1.84 bits per heavy atom. The van der Waals surface area contributed by atoms with Crippen molar-refractivity contribution in [3.63, 3.8) is 0 Å². The molecule has 2 aliphatic rings. The van der Waals surface area contributed by atoms with Crippen LogP contribution in [0.3, 0.4) is 0 Å². The molecule has 1 amide bonds. The molecule has 8 heteroatoms. The predicted octanol–water partition coefficient (Wildman–Crippen LogP) is 3.79. The van der Waals surface area contributed by atoms with Gasteiger partial charge < -0.3 is 20.1 Å². The topological polar surface area (TPSA) is 85.4 Å². The molecule has 2 atom stereocenters. The van der Waals surface area contributed by atoms with Crippen molar-refractivity contribution in [2.75, 3.05) is 13.7 Å². The summed E-state index contributed by atoms with van der Waals surface area (Å²) in [7, 11) is 1.53. The molecular weight excluding hydrogens is 416 g/mol. The van der Waals surface area contributed by atoms with Crippen LogP contribution in [0.5, 0.6) is 11.8 Å². The number of hydrogen-bond acceptors (Lipinski definition) is 6. The SMILES string of the molecule is COc1nc(C2CC2)nc(OC(C)C)c1C(=O)N[C@H]1CCCN[C@H]1c1ccccc1.Cl. The molecule has 2 N–H and O–H groups in total. The third-order valence-corrected chi connectivity index (χ3v) is 5.50. The molecule has 2 fully saturated rings. The van der Waals surface area contributed by atoms with Gasteiger partial charge in [-0.3, -0.25) is 4.79 Å². The molecule has 0 bridgehead atoms. The lowest BCUT2D eigenvalue weighted by atomic mass is 9.92. The fourth-order valence-electron chi connectivity index (χ4n) is 3.91. The van der Waals surface area contributed by atoms with Crippen LogP contribution in [0.1, 0.15) is 73.2 Å². The number of amides is 1. The molecule has 1 saturated heterocycles. The summed E-state index contributed by atoms with van der Waals surface area (Å²) in [6.07, 6.45) is 3.89. The monoisotopic (exact) mass is 446 g/mol. The van der Waals surface area contributed by atoms with Gasteiger partial charge in [0.25, 0.3) is 5.91 Å². The van der Waals surface area contributed by atoms with Gasteiger partial charge in [0.05, 0.1) is 19.3 Å². The molecule has 2 aromatic rings. The van der Waals surface area contributed by atoms with E-state index in [2.05, 4.69) is 32.7 Å². The van der Waals surface area contributed by atoms with Crippen molar-refractivity contribution in [2.24, 2.45) is 0 Å². The van der Waals surface area contributed by atoms with E-state index in [-0.39, 0.29) is 47.9 Å². The van der Waals surface area contributed by atoms with Gasteiger partial charge in [-0.05, 0) is 51.6 Å². The number of hydrogen-bond donors (Lipinski definition) is 2. The van der Waals surface area contributed by atoms with Gasteiger partial charge >= 0.3 is 0 Å². The molecular formula is C23H31ClN4O3. The molecule has 0 unspecified atom stereocenters. The molecule has 31 heavy (non-hydrogen) atoms. The Morgan fingerprint density at radius 1 is 1.13 bits per heavy atom. The Hall–Kier alpha value is -2.38. The van der Waals surface area contributed by atoms with Crippen molar-refractivity contribution in [3.8, 4) is 11.8 Å². The smallest absolute Gasteiger partial charge is 0.262 e. The number of rotatable bonds is 7. The van der Waals surface area contributed by atoms with E-state index in [1.54, 1.807) is 0 Å². The normalized spacial score (nSPS) is 20.6. The van der Waals surface area contributed by atoms with E-state index in [4.69, 9.17) is 9.47 Å². The Kier molecular flexibility index (Phi) is 7.73. The summed E-state index contributed by atoms with van der Waals surface area (Å²) in [6.45, 7) is 4.77. The van der Waals surface area contributed by atoms with E-state index in [0.29, 0.717) is 17.6 Å². The maximum absolute atomic E-state index is 13.4. The molecule has 1 aliphatic carbocycles. The minimum atomic E-state index is -0.264. The molecule has 0 radical (unpaired) electrons. The summed E-state index contributed by atoms with van der Waals surface area (Å²) in [5.41, 5.74) is 1.43. The van der Waals surface area contributed by atoms with Gasteiger partial charge in [0.1, 0.15) is 5.82 Å². The number of carbonyl (C=O) groups excluding carboxylic acids is 1. The number of nitrogens with one attached hydrogen (secondary N) is 2. The Morgan fingerprint density at radius 3 is 2.48 bits per heavy atom. The van der Waals surface area contributed by atoms with Crippen LogP contribution in [-0.2, 0) is 0 Å². The Balaban J connectivity index is 0.00000272. The van der Waals surface area contributed by atoms with E-state index in [1.165, 1.54) is 7.11 Å². The number of aromatic nitrogens is 2. The first-order valence-electron chi connectivity index (χ1n) is 10.8. The van der Waals surface area contributed by atoms with Gasteiger partial charge in [-0.15, -0.1) is 12.4 Å². The van der Waals surface area contributed by atoms with Gasteiger partial charge in [0.15, 0.2) is 5.56 Å². The highest BCUT2D eigenvalue weighted by atomic mass is 35.5. The minimum absolute atomic E-state index is 0. The zero-order valence-electron chi connectivity index (χ0n) is 18.3. The second kappa shape index (κ2) is 10.3. The molecule has 2 heterocycles. The first-order valence-corrected chi connectivity index (χ1v) is 10.8. The predicted molar refractivity (Wildman–Crippen MR) is 121 cm³/mol. The summed E-state index contributed by atoms with van der Waals surface area (Å²) in [5, 5.41) is 6.74. The molecule has 7 nitrogen and oxygen atoms in total. The highest BCUT2D eigenvalue weighted by molar-refractivity contribution is 5.98. The van der Waals surface area contributed by atoms with Crippen molar-refractivity contribution in [1.82, 2.24) is 20.6 Å². The lowest BCUT2D eigenvalue weighted by Gasteiger charge is -2.33. The summed E-state index contributed by atoms with van der Waals surface area (Å²) in [4.78, 5) is 22.5. The second-order valence-corrected chi connectivity index (χ2v) is 8.28.